The summed E-state index contributed by atoms with van der Waals surface area (Å²) in [7, 11) is 1.72. The molecular formula is C24H25F4N3O4. The molecule has 1 fully saturated rings. The van der Waals surface area contributed by atoms with E-state index in [1.165, 1.54) is 6.07 Å². The van der Waals surface area contributed by atoms with Gasteiger partial charge in [0, 0.05) is 38.2 Å². The summed E-state index contributed by atoms with van der Waals surface area (Å²) in [5, 5.41) is 7.12. The minimum Gasteiger partial charge on any atom is -0.475 e. The van der Waals surface area contributed by atoms with E-state index in [-0.39, 0.29) is 24.4 Å². The van der Waals surface area contributed by atoms with Gasteiger partial charge in [-0.15, -0.1) is 0 Å². The Labute approximate surface area is 198 Å². The lowest BCUT2D eigenvalue weighted by Gasteiger charge is -2.31. The zero-order valence-corrected chi connectivity index (χ0v) is 19.2. The van der Waals surface area contributed by atoms with Crippen molar-refractivity contribution >= 4 is 22.9 Å². The van der Waals surface area contributed by atoms with Crippen molar-refractivity contribution in [3.05, 3.63) is 54.1 Å². The van der Waals surface area contributed by atoms with Crippen LogP contribution in [0.3, 0.4) is 0 Å². The van der Waals surface area contributed by atoms with Crippen molar-refractivity contribution in [3.63, 3.8) is 0 Å². The van der Waals surface area contributed by atoms with Crippen molar-refractivity contribution in [1.82, 2.24) is 14.5 Å². The number of pyridine rings is 1. The predicted molar refractivity (Wildman–Crippen MR) is 120 cm³/mol. The van der Waals surface area contributed by atoms with Crippen LogP contribution in [0.5, 0.6) is 0 Å². The second-order valence-corrected chi connectivity index (χ2v) is 8.15. The van der Waals surface area contributed by atoms with E-state index in [0.29, 0.717) is 5.56 Å². The Balaban J connectivity index is 0.000000429. The maximum absolute atomic E-state index is 13.6. The number of benzene rings is 1. The van der Waals surface area contributed by atoms with Gasteiger partial charge in [-0.1, -0.05) is 6.07 Å². The Morgan fingerprint density at radius 3 is 2.37 bits per heavy atom. The number of amides is 1. The van der Waals surface area contributed by atoms with E-state index in [2.05, 4.69) is 4.98 Å². The Morgan fingerprint density at radius 2 is 1.80 bits per heavy atom. The van der Waals surface area contributed by atoms with Crippen LogP contribution in [0.2, 0.25) is 0 Å². The number of carbonyl (C=O) groups is 2. The summed E-state index contributed by atoms with van der Waals surface area (Å²) >= 11 is 0. The summed E-state index contributed by atoms with van der Waals surface area (Å²) < 4.78 is 52.6. The number of hydrogen-bond acceptors (Lipinski definition) is 4. The molecule has 0 saturated carbocycles. The minimum atomic E-state index is -5.08. The number of ether oxygens (including phenoxy) is 1. The normalized spacial score (nSPS) is 14.5. The Kier molecular flexibility index (Phi) is 8.11. The number of hydrogen-bond donors (Lipinski definition) is 1. The lowest BCUT2D eigenvalue weighted by atomic mass is 10.0. The number of methoxy groups -OCH3 is 1. The maximum atomic E-state index is 13.6. The number of carboxylic acids is 1. The largest absolute Gasteiger partial charge is 0.490 e. The van der Waals surface area contributed by atoms with E-state index >= 15 is 0 Å². The predicted octanol–water partition coefficient (Wildman–Crippen LogP) is 4.42. The van der Waals surface area contributed by atoms with Gasteiger partial charge in [-0.05, 0) is 55.2 Å². The van der Waals surface area contributed by atoms with E-state index < -0.39 is 12.1 Å². The van der Waals surface area contributed by atoms with Gasteiger partial charge in [-0.2, -0.15) is 13.2 Å². The number of aliphatic carboxylic acids is 1. The molecule has 1 amide bonds. The first-order chi connectivity index (χ1) is 16.5. The number of piperidine rings is 1. The first kappa shape index (κ1) is 26.1. The zero-order chi connectivity index (χ0) is 25.8. The lowest BCUT2D eigenvalue weighted by molar-refractivity contribution is -0.192. The number of likely N-dealkylation sites (tertiary alicyclic amines) is 1. The van der Waals surface area contributed by atoms with Gasteiger partial charge in [0.25, 0.3) is 0 Å². The van der Waals surface area contributed by atoms with Crippen LogP contribution in [0.25, 0.3) is 22.2 Å². The van der Waals surface area contributed by atoms with Gasteiger partial charge in [-0.3, -0.25) is 9.78 Å². The van der Waals surface area contributed by atoms with Crippen LogP contribution in [-0.2, 0) is 20.9 Å². The molecule has 7 nitrogen and oxygen atoms in total. The highest BCUT2D eigenvalue weighted by Gasteiger charge is 2.38. The Morgan fingerprint density at radius 1 is 1.14 bits per heavy atom. The highest BCUT2D eigenvalue weighted by molar-refractivity contribution is 5.84. The fourth-order valence-electron chi connectivity index (χ4n) is 3.77. The molecule has 0 unspecified atom stereocenters. The number of rotatable bonds is 4. The average Bonchev–Trinajstić information content (AvgIpc) is 3.22. The molecule has 1 aliphatic heterocycles. The monoisotopic (exact) mass is 495 g/mol. The number of aromatic nitrogens is 2. The van der Waals surface area contributed by atoms with E-state index in [9.17, 15) is 22.4 Å². The van der Waals surface area contributed by atoms with E-state index in [4.69, 9.17) is 14.6 Å². The number of carbonyl (C=O) groups excluding carboxylic acids is 1. The highest BCUT2D eigenvalue weighted by atomic mass is 19.4. The summed E-state index contributed by atoms with van der Waals surface area (Å²) in [6.45, 7) is 3.50. The molecule has 1 saturated heterocycles. The molecule has 1 aliphatic rings. The van der Waals surface area contributed by atoms with Crippen molar-refractivity contribution in [2.75, 3.05) is 20.2 Å². The highest BCUT2D eigenvalue weighted by Crippen LogP contribution is 2.25. The third-order valence-corrected chi connectivity index (χ3v) is 5.79. The lowest BCUT2D eigenvalue weighted by Crippen LogP contribution is -2.42. The van der Waals surface area contributed by atoms with Crippen molar-refractivity contribution < 1.29 is 37.0 Å². The van der Waals surface area contributed by atoms with Crippen molar-refractivity contribution in [1.29, 1.82) is 0 Å². The molecule has 4 rings (SSSR count). The second-order valence-electron chi connectivity index (χ2n) is 8.15. The standard InChI is InChI=1S/C22H24FN3O2.C2HF3O2/c1-15-11-16(3-4-19(15)23)17-12-21-20(24-13-17)7-10-26(21)14-22(27)25-8-5-18(28-2)6-9-25;3-2(4,5)1(6)7/h3-4,7,10-13,18H,5-6,8-9,14H2,1-2H3;(H,6,7). The third-order valence-electron chi connectivity index (χ3n) is 5.79. The molecule has 1 N–H and O–H groups in total. The van der Waals surface area contributed by atoms with Gasteiger partial charge in [0.05, 0.1) is 17.1 Å². The summed E-state index contributed by atoms with van der Waals surface area (Å²) in [5.41, 5.74) is 4.16. The number of carboxylic acid groups (broad SMARTS) is 1. The Hall–Kier alpha value is -3.47. The van der Waals surface area contributed by atoms with Crippen molar-refractivity contribution in [2.45, 2.75) is 38.6 Å². The molecule has 3 heterocycles. The zero-order valence-electron chi connectivity index (χ0n) is 19.2. The number of fused-ring (bicyclic) bond motifs is 1. The first-order valence-electron chi connectivity index (χ1n) is 10.8. The average molecular weight is 495 g/mol. The molecule has 188 valence electrons. The molecule has 1 aromatic carbocycles. The smallest absolute Gasteiger partial charge is 0.475 e. The van der Waals surface area contributed by atoms with Gasteiger partial charge in [-0.25, -0.2) is 9.18 Å². The Bertz CT molecular complexity index is 1200. The second kappa shape index (κ2) is 10.9. The van der Waals surface area contributed by atoms with Crippen LogP contribution in [0.1, 0.15) is 18.4 Å². The van der Waals surface area contributed by atoms with E-state index in [0.717, 1.165) is 48.1 Å². The van der Waals surface area contributed by atoms with E-state index in [1.807, 2.05) is 33.9 Å². The van der Waals surface area contributed by atoms with Gasteiger partial charge < -0.3 is 19.3 Å². The third kappa shape index (κ3) is 6.56. The van der Waals surface area contributed by atoms with Gasteiger partial charge in [0.2, 0.25) is 5.91 Å². The van der Waals surface area contributed by atoms with Gasteiger partial charge >= 0.3 is 12.1 Å². The van der Waals surface area contributed by atoms with Crippen LogP contribution in [0.4, 0.5) is 17.6 Å². The molecule has 2 aromatic heterocycles. The maximum Gasteiger partial charge on any atom is 0.490 e. The van der Waals surface area contributed by atoms with Gasteiger partial charge in [0.15, 0.2) is 0 Å². The van der Waals surface area contributed by atoms with Crippen molar-refractivity contribution in [2.24, 2.45) is 0 Å². The summed E-state index contributed by atoms with van der Waals surface area (Å²) in [4.78, 5) is 28.1. The molecule has 0 aliphatic carbocycles. The molecule has 0 bridgehead atoms. The molecule has 0 spiro atoms. The van der Waals surface area contributed by atoms with Crippen LogP contribution < -0.4 is 0 Å². The minimum absolute atomic E-state index is 0.107. The van der Waals surface area contributed by atoms with Crippen molar-refractivity contribution in [3.8, 4) is 11.1 Å². The molecule has 11 heteroatoms. The molecular weight excluding hydrogens is 470 g/mol. The van der Waals surface area contributed by atoms with Crippen LogP contribution >= 0.6 is 0 Å². The van der Waals surface area contributed by atoms with Crippen LogP contribution in [0.15, 0.2) is 42.7 Å². The molecule has 0 atom stereocenters. The number of halogens is 4. The fourth-order valence-corrected chi connectivity index (χ4v) is 3.77. The van der Waals surface area contributed by atoms with E-state index in [1.54, 1.807) is 26.3 Å². The van der Waals surface area contributed by atoms with Crippen LogP contribution in [0, 0.1) is 12.7 Å². The SMILES string of the molecule is COC1CCN(C(=O)Cn2ccc3ncc(-c4ccc(F)c(C)c4)cc32)CC1.O=C(O)C(F)(F)F. The summed E-state index contributed by atoms with van der Waals surface area (Å²) in [6.07, 6.45) is 0.616. The summed E-state index contributed by atoms with van der Waals surface area (Å²) in [5.74, 6) is -2.87. The van der Waals surface area contributed by atoms with Gasteiger partial charge in [0.1, 0.15) is 12.4 Å². The fraction of sp³-hybridized carbons (Fsp3) is 0.375. The molecule has 35 heavy (non-hydrogen) atoms. The topological polar surface area (TPSA) is 84.7 Å². The molecule has 3 aromatic rings. The summed E-state index contributed by atoms with van der Waals surface area (Å²) in [6, 6.07) is 8.97. The number of alkyl halides is 3. The quantitative estimate of drug-likeness (QED) is 0.542. The number of aryl methyl sites for hydroxylation is 1. The first-order valence-corrected chi connectivity index (χ1v) is 10.8. The molecule has 0 radical (unpaired) electrons. The van der Waals surface area contributed by atoms with Crippen LogP contribution in [-0.4, -0.2) is 63.9 Å². The number of nitrogens with zero attached hydrogens (tertiary/aromatic N) is 3.